The fourth-order valence-corrected chi connectivity index (χ4v) is 2.66. The van der Waals surface area contributed by atoms with E-state index in [1.807, 2.05) is 11.0 Å². The Hall–Kier alpha value is -0.620. The van der Waals surface area contributed by atoms with Gasteiger partial charge in [0, 0.05) is 24.3 Å². The predicted octanol–water partition coefficient (Wildman–Crippen LogP) is 2.57. The smallest absolute Gasteiger partial charge is 0.239 e. The van der Waals surface area contributed by atoms with Crippen LogP contribution in [0.1, 0.15) is 13.3 Å². The van der Waals surface area contributed by atoms with Crippen LogP contribution in [0.5, 0.6) is 0 Å². The highest BCUT2D eigenvalue weighted by Crippen LogP contribution is 2.26. The minimum absolute atomic E-state index is 0.0185. The van der Waals surface area contributed by atoms with Crippen LogP contribution in [0.2, 0.25) is 0 Å². The molecule has 0 aliphatic carbocycles. The molecule has 0 radical (unpaired) electrons. The summed E-state index contributed by atoms with van der Waals surface area (Å²) in [7, 11) is 1.64. The number of amides is 1. The number of carbonyl (C=O) groups excluding carboxylic acids is 1. The van der Waals surface area contributed by atoms with Crippen molar-refractivity contribution in [1.29, 1.82) is 0 Å². The van der Waals surface area contributed by atoms with E-state index in [1.165, 1.54) is 0 Å². The Morgan fingerprint density at radius 3 is 2.76 bits per heavy atom. The van der Waals surface area contributed by atoms with Crippen LogP contribution < -0.4 is 10.2 Å². The first-order valence-corrected chi connectivity index (χ1v) is 6.93. The Morgan fingerprint density at radius 1 is 1.53 bits per heavy atom. The van der Waals surface area contributed by atoms with Gasteiger partial charge < -0.3 is 10.2 Å². The number of pyridine rings is 1. The van der Waals surface area contributed by atoms with E-state index in [9.17, 15) is 4.79 Å². The van der Waals surface area contributed by atoms with Gasteiger partial charge in [0.2, 0.25) is 5.91 Å². The fraction of sp³-hybridized carbons (Fsp3) is 0.455. The molecule has 0 bridgehead atoms. The van der Waals surface area contributed by atoms with Crippen molar-refractivity contribution >= 4 is 43.6 Å². The molecule has 17 heavy (non-hydrogen) atoms. The highest BCUT2D eigenvalue weighted by Gasteiger charge is 2.14. The number of aromatic nitrogens is 1. The third kappa shape index (κ3) is 4.27. The second kappa shape index (κ2) is 6.96. The molecule has 0 unspecified atom stereocenters. The summed E-state index contributed by atoms with van der Waals surface area (Å²) in [6.07, 6.45) is 2.69. The van der Waals surface area contributed by atoms with Gasteiger partial charge in [0.1, 0.15) is 5.82 Å². The number of nitrogens with one attached hydrogen (secondary N) is 1. The standard InChI is InChI=1S/C11H15Br2N3O/c1-3-4-16(7-10(17)14-2)11-9(13)5-8(12)6-15-11/h5-6H,3-4,7H2,1-2H3,(H,14,17). The summed E-state index contributed by atoms with van der Waals surface area (Å²) in [5.41, 5.74) is 0. The van der Waals surface area contributed by atoms with Gasteiger partial charge in [0.15, 0.2) is 0 Å². The Morgan fingerprint density at radius 2 is 2.24 bits per heavy atom. The summed E-state index contributed by atoms with van der Waals surface area (Å²) in [4.78, 5) is 17.7. The molecule has 6 heteroatoms. The van der Waals surface area contributed by atoms with E-state index in [4.69, 9.17) is 0 Å². The average Bonchev–Trinajstić information content (AvgIpc) is 2.28. The minimum atomic E-state index is -0.0185. The van der Waals surface area contributed by atoms with Gasteiger partial charge in [-0.15, -0.1) is 0 Å². The van der Waals surface area contributed by atoms with Gasteiger partial charge in [-0.05, 0) is 44.3 Å². The maximum Gasteiger partial charge on any atom is 0.239 e. The first kappa shape index (κ1) is 14.4. The van der Waals surface area contributed by atoms with Gasteiger partial charge >= 0.3 is 0 Å². The van der Waals surface area contributed by atoms with Crippen molar-refractivity contribution in [2.45, 2.75) is 13.3 Å². The van der Waals surface area contributed by atoms with Crippen molar-refractivity contribution < 1.29 is 4.79 Å². The van der Waals surface area contributed by atoms with Crippen LogP contribution in [0.25, 0.3) is 0 Å². The van der Waals surface area contributed by atoms with Gasteiger partial charge in [-0.25, -0.2) is 4.98 Å². The Balaban J connectivity index is 2.92. The van der Waals surface area contributed by atoms with Crippen molar-refractivity contribution in [2.75, 3.05) is 25.0 Å². The van der Waals surface area contributed by atoms with Crippen LogP contribution in [-0.4, -0.2) is 31.0 Å². The highest BCUT2D eigenvalue weighted by atomic mass is 79.9. The molecular formula is C11H15Br2N3O. The van der Waals surface area contributed by atoms with Crippen molar-refractivity contribution in [3.63, 3.8) is 0 Å². The number of hydrogen-bond donors (Lipinski definition) is 1. The lowest BCUT2D eigenvalue weighted by Gasteiger charge is -2.23. The van der Waals surface area contributed by atoms with E-state index >= 15 is 0 Å². The summed E-state index contributed by atoms with van der Waals surface area (Å²) < 4.78 is 1.79. The molecule has 1 rings (SSSR count). The van der Waals surface area contributed by atoms with E-state index in [2.05, 4.69) is 49.1 Å². The fourth-order valence-electron chi connectivity index (χ4n) is 1.42. The van der Waals surface area contributed by atoms with E-state index in [-0.39, 0.29) is 5.91 Å². The second-order valence-corrected chi connectivity index (χ2v) is 5.32. The topological polar surface area (TPSA) is 45.2 Å². The number of likely N-dealkylation sites (N-methyl/N-ethyl adjacent to an activating group) is 1. The summed E-state index contributed by atoms with van der Waals surface area (Å²) >= 11 is 6.82. The molecule has 1 aromatic rings. The van der Waals surface area contributed by atoms with Crippen LogP contribution in [0, 0.1) is 0 Å². The molecule has 0 aliphatic heterocycles. The molecule has 1 amide bonds. The van der Waals surface area contributed by atoms with E-state index in [0.717, 1.165) is 27.7 Å². The van der Waals surface area contributed by atoms with Crippen LogP contribution >= 0.6 is 31.9 Å². The van der Waals surface area contributed by atoms with E-state index in [0.29, 0.717) is 6.54 Å². The van der Waals surface area contributed by atoms with Gasteiger partial charge in [-0.1, -0.05) is 6.92 Å². The number of carbonyl (C=O) groups is 1. The second-order valence-electron chi connectivity index (χ2n) is 3.55. The number of nitrogens with zero attached hydrogens (tertiary/aromatic N) is 2. The monoisotopic (exact) mass is 363 g/mol. The first-order valence-electron chi connectivity index (χ1n) is 5.35. The molecule has 4 nitrogen and oxygen atoms in total. The molecule has 1 heterocycles. The average molecular weight is 365 g/mol. The number of rotatable bonds is 5. The van der Waals surface area contributed by atoms with Crippen LogP contribution in [0.15, 0.2) is 21.2 Å². The molecule has 0 fully saturated rings. The van der Waals surface area contributed by atoms with E-state index in [1.54, 1.807) is 13.2 Å². The molecule has 0 atom stereocenters. The van der Waals surface area contributed by atoms with Crippen LogP contribution in [0.4, 0.5) is 5.82 Å². The molecule has 1 N–H and O–H groups in total. The van der Waals surface area contributed by atoms with Crippen molar-refractivity contribution in [3.05, 3.63) is 21.2 Å². The zero-order valence-corrected chi connectivity index (χ0v) is 13.0. The largest absolute Gasteiger partial charge is 0.358 e. The normalized spacial score (nSPS) is 10.1. The Labute approximate surface area is 118 Å². The minimum Gasteiger partial charge on any atom is -0.358 e. The van der Waals surface area contributed by atoms with Gasteiger partial charge in [0.05, 0.1) is 11.0 Å². The summed E-state index contributed by atoms with van der Waals surface area (Å²) in [6, 6.07) is 1.93. The quantitative estimate of drug-likeness (QED) is 0.873. The zero-order valence-electron chi connectivity index (χ0n) is 9.83. The van der Waals surface area contributed by atoms with Crippen LogP contribution in [0.3, 0.4) is 0 Å². The summed E-state index contributed by atoms with van der Waals surface area (Å²) in [5.74, 6) is 0.772. The van der Waals surface area contributed by atoms with E-state index < -0.39 is 0 Å². The lowest BCUT2D eigenvalue weighted by atomic mass is 10.3. The summed E-state index contributed by atoms with van der Waals surface area (Å²) in [6.45, 7) is 3.18. The molecule has 0 saturated heterocycles. The van der Waals surface area contributed by atoms with Gasteiger partial charge in [0.25, 0.3) is 0 Å². The van der Waals surface area contributed by atoms with Crippen molar-refractivity contribution in [3.8, 4) is 0 Å². The molecule has 0 spiro atoms. The molecule has 1 aromatic heterocycles. The third-order valence-corrected chi connectivity index (χ3v) is 3.21. The molecule has 94 valence electrons. The van der Waals surface area contributed by atoms with Gasteiger partial charge in [-0.2, -0.15) is 0 Å². The third-order valence-electron chi connectivity index (χ3n) is 2.19. The number of hydrogen-bond acceptors (Lipinski definition) is 3. The summed E-state index contributed by atoms with van der Waals surface area (Å²) in [5, 5.41) is 2.62. The van der Waals surface area contributed by atoms with Crippen molar-refractivity contribution in [1.82, 2.24) is 10.3 Å². The zero-order chi connectivity index (χ0) is 12.8. The Kier molecular flexibility index (Phi) is 5.91. The maximum absolute atomic E-state index is 11.4. The first-order chi connectivity index (χ1) is 8.08. The lowest BCUT2D eigenvalue weighted by molar-refractivity contribution is -0.119. The highest BCUT2D eigenvalue weighted by molar-refractivity contribution is 9.11. The lowest BCUT2D eigenvalue weighted by Crippen LogP contribution is -2.36. The molecule has 0 aromatic carbocycles. The molecular weight excluding hydrogens is 350 g/mol. The maximum atomic E-state index is 11.4. The van der Waals surface area contributed by atoms with Gasteiger partial charge in [-0.3, -0.25) is 4.79 Å². The predicted molar refractivity (Wildman–Crippen MR) is 76.2 cm³/mol. The number of halogens is 2. The van der Waals surface area contributed by atoms with Crippen LogP contribution in [-0.2, 0) is 4.79 Å². The van der Waals surface area contributed by atoms with Crippen molar-refractivity contribution in [2.24, 2.45) is 0 Å². The molecule has 0 aliphatic rings. The molecule has 0 saturated carbocycles. The Bertz CT molecular complexity index is 398. The SMILES string of the molecule is CCCN(CC(=O)NC)c1ncc(Br)cc1Br. The number of anilines is 1.